The minimum absolute atomic E-state index is 0.0222. The monoisotopic (exact) mass is 293 g/mol. The molecule has 1 heterocycles. The summed E-state index contributed by atoms with van der Waals surface area (Å²) in [6.07, 6.45) is 3.21. The van der Waals surface area contributed by atoms with Gasteiger partial charge in [-0.1, -0.05) is 6.42 Å². The Balaban J connectivity index is 2.18. The smallest absolute Gasteiger partial charge is 0.407 e. The molecule has 0 spiro atoms. The number of hydrogen-bond donors (Lipinski definition) is 2. The zero-order valence-electron chi connectivity index (χ0n) is 11.4. The molecule has 0 aliphatic carbocycles. The van der Waals surface area contributed by atoms with E-state index in [0.717, 1.165) is 25.7 Å². The molecule has 7 heteroatoms. The topological polar surface area (TPSA) is 92.7 Å². The van der Waals surface area contributed by atoms with Crippen LogP contribution in [0.2, 0.25) is 0 Å². The van der Waals surface area contributed by atoms with Gasteiger partial charge in [0.25, 0.3) is 0 Å². The second kappa shape index (κ2) is 7.09. The molecule has 1 fully saturated rings. The van der Waals surface area contributed by atoms with Crippen LogP contribution in [0.3, 0.4) is 0 Å². The summed E-state index contributed by atoms with van der Waals surface area (Å²) in [4.78, 5) is 11.5. The van der Waals surface area contributed by atoms with Crippen LogP contribution in [0.15, 0.2) is 0 Å². The summed E-state index contributed by atoms with van der Waals surface area (Å²) < 4.78 is 27.8. The quantitative estimate of drug-likeness (QED) is 0.679. The Morgan fingerprint density at radius 3 is 2.58 bits per heavy atom. The van der Waals surface area contributed by atoms with E-state index in [2.05, 4.69) is 5.32 Å². The Morgan fingerprint density at radius 2 is 2.00 bits per heavy atom. The predicted octanol–water partition coefficient (Wildman–Crippen LogP) is 0.843. The molecule has 0 aromatic rings. The van der Waals surface area contributed by atoms with Gasteiger partial charge in [-0.05, 0) is 32.6 Å². The maximum atomic E-state index is 11.5. The highest BCUT2D eigenvalue weighted by Crippen LogP contribution is 2.22. The van der Waals surface area contributed by atoms with Crippen LogP contribution in [-0.2, 0) is 14.6 Å². The highest BCUT2D eigenvalue weighted by molar-refractivity contribution is 7.91. The number of carbonyl (C=O) groups excluding carboxylic acids is 1. The zero-order chi connectivity index (χ0) is 14.4. The van der Waals surface area contributed by atoms with Gasteiger partial charge in [-0.3, -0.25) is 0 Å². The van der Waals surface area contributed by atoms with Crippen LogP contribution in [0.5, 0.6) is 0 Å². The molecule has 1 amide bonds. The lowest BCUT2D eigenvalue weighted by molar-refractivity contribution is 0.134. The average molecular weight is 293 g/mol. The largest absolute Gasteiger partial charge is 0.450 e. The maximum absolute atomic E-state index is 11.5. The average Bonchev–Trinajstić information content (AvgIpc) is 2.57. The molecular formula is C12H23NO5S. The highest BCUT2D eigenvalue weighted by atomic mass is 32.2. The number of nitrogens with one attached hydrogen (secondary N) is 1. The molecule has 2 N–H and O–H groups in total. The van der Waals surface area contributed by atoms with E-state index in [1.54, 1.807) is 6.92 Å². The Hall–Kier alpha value is -0.820. The number of carbonyl (C=O) groups is 1. The second-order valence-corrected chi connectivity index (χ2v) is 7.49. The molecule has 1 aliphatic rings. The summed E-state index contributed by atoms with van der Waals surface area (Å²) in [5.41, 5.74) is -0.702. The molecule has 0 aromatic heterocycles. The summed E-state index contributed by atoms with van der Waals surface area (Å²) in [5.74, 6) is 0.0938. The van der Waals surface area contributed by atoms with Crippen LogP contribution >= 0.6 is 0 Å². The highest BCUT2D eigenvalue weighted by Gasteiger charge is 2.39. The minimum atomic E-state index is -3.03. The molecule has 1 rings (SSSR count). The van der Waals surface area contributed by atoms with Crippen molar-refractivity contribution in [2.75, 3.05) is 24.7 Å². The van der Waals surface area contributed by atoms with E-state index in [4.69, 9.17) is 9.84 Å². The van der Waals surface area contributed by atoms with Crippen LogP contribution < -0.4 is 5.32 Å². The maximum Gasteiger partial charge on any atom is 0.407 e. The number of aliphatic hydroxyl groups excluding tert-OH is 1. The third-order valence-electron chi connectivity index (χ3n) is 3.19. The number of ether oxygens (including phenoxy) is 1. The van der Waals surface area contributed by atoms with E-state index < -0.39 is 21.5 Å². The second-order valence-electron chi connectivity index (χ2n) is 5.30. The van der Waals surface area contributed by atoms with Crippen molar-refractivity contribution >= 4 is 15.9 Å². The zero-order valence-corrected chi connectivity index (χ0v) is 12.2. The lowest BCUT2D eigenvalue weighted by Crippen LogP contribution is -2.47. The van der Waals surface area contributed by atoms with Crippen molar-refractivity contribution in [3.8, 4) is 0 Å². The Kier molecular flexibility index (Phi) is 6.06. The van der Waals surface area contributed by atoms with Gasteiger partial charge in [0.05, 0.1) is 23.7 Å². The first kappa shape index (κ1) is 16.2. The van der Waals surface area contributed by atoms with Gasteiger partial charge in [0, 0.05) is 6.61 Å². The van der Waals surface area contributed by atoms with E-state index in [-0.39, 0.29) is 18.1 Å². The number of unbranched alkanes of at least 4 members (excludes halogenated alkanes) is 3. The molecule has 6 nitrogen and oxygen atoms in total. The molecule has 112 valence electrons. The molecule has 0 saturated carbocycles. The van der Waals surface area contributed by atoms with Crippen LogP contribution in [0.1, 0.15) is 39.0 Å². The molecule has 0 aromatic carbocycles. The normalized spacial score (nSPS) is 25.2. The van der Waals surface area contributed by atoms with Gasteiger partial charge in [-0.15, -0.1) is 0 Å². The van der Waals surface area contributed by atoms with Gasteiger partial charge in [0.1, 0.15) is 0 Å². The van der Waals surface area contributed by atoms with Gasteiger partial charge in [0.2, 0.25) is 0 Å². The fourth-order valence-corrected chi connectivity index (χ4v) is 4.22. The van der Waals surface area contributed by atoms with E-state index in [9.17, 15) is 13.2 Å². The standard InChI is InChI=1S/C12H23NO5S/c1-12(6-9-19(16,17)10-12)13-11(15)18-8-5-3-2-4-7-14/h14H,2-10H2,1H3,(H,13,15). The van der Waals surface area contributed by atoms with Crippen LogP contribution in [0, 0.1) is 0 Å². The number of hydrogen-bond acceptors (Lipinski definition) is 5. The van der Waals surface area contributed by atoms with E-state index in [0.29, 0.717) is 13.0 Å². The number of alkyl carbamates (subject to hydrolysis) is 1. The molecule has 1 saturated heterocycles. The van der Waals surface area contributed by atoms with Gasteiger partial charge in [-0.2, -0.15) is 0 Å². The van der Waals surface area contributed by atoms with Gasteiger partial charge in [0.15, 0.2) is 9.84 Å². The molecule has 19 heavy (non-hydrogen) atoms. The fourth-order valence-electron chi connectivity index (χ4n) is 2.12. The summed E-state index contributed by atoms with van der Waals surface area (Å²) >= 11 is 0. The van der Waals surface area contributed by atoms with Crippen molar-refractivity contribution < 1.29 is 23.1 Å². The Morgan fingerprint density at radius 1 is 1.32 bits per heavy atom. The summed E-state index contributed by atoms with van der Waals surface area (Å²) in [6, 6.07) is 0. The van der Waals surface area contributed by atoms with Crippen LogP contribution in [0.4, 0.5) is 4.79 Å². The molecule has 0 bridgehead atoms. The van der Waals surface area contributed by atoms with E-state index in [1.165, 1.54) is 0 Å². The Labute approximate surface area is 114 Å². The third-order valence-corrected chi connectivity index (χ3v) is 5.10. The van der Waals surface area contributed by atoms with E-state index >= 15 is 0 Å². The lowest BCUT2D eigenvalue weighted by Gasteiger charge is -2.23. The lowest BCUT2D eigenvalue weighted by atomic mass is 10.0. The molecular weight excluding hydrogens is 270 g/mol. The number of sulfone groups is 1. The first-order valence-corrected chi connectivity index (χ1v) is 8.45. The van der Waals surface area contributed by atoms with Crippen molar-refractivity contribution in [1.82, 2.24) is 5.32 Å². The molecule has 1 atom stereocenters. The van der Waals surface area contributed by atoms with Crippen molar-refractivity contribution in [3.05, 3.63) is 0 Å². The SMILES string of the molecule is CC1(NC(=O)OCCCCCCO)CCS(=O)(=O)C1. The number of rotatable bonds is 7. The molecule has 1 unspecified atom stereocenters. The summed E-state index contributed by atoms with van der Waals surface area (Å²) in [5, 5.41) is 11.2. The number of aliphatic hydroxyl groups is 1. The first-order chi connectivity index (χ1) is 8.87. The van der Waals surface area contributed by atoms with Crippen molar-refractivity contribution in [2.45, 2.75) is 44.6 Å². The van der Waals surface area contributed by atoms with Crippen molar-refractivity contribution in [2.24, 2.45) is 0 Å². The van der Waals surface area contributed by atoms with Gasteiger partial charge >= 0.3 is 6.09 Å². The van der Waals surface area contributed by atoms with Gasteiger partial charge < -0.3 is 15.2 Å². The van der Waals surface area contributed by atoms with Crippen LogP contribution in [0.25, 0.3) is 0 Å². The summed E-state index contributed by atoms with van der Waals surface area (Å²) in [7, 11) is -3.03. The Bertz CT molecular complexity index is 395. The van der Waals surface area contributed by atoms with Crippen molar-refractivity contribution in [1.29, 1.82) is 0 Å². The fraction of sp³-hybridized carbons (Fsp3) is 0.917. The first-order valence-electron chi connectivity index (χ1n) is 6.63. The minimum Gasteiger partial charge on any atom is -0.450 e. The molecule has 1 aliphatic heterocycles. The van der Waals surface area contributed by atoms with Crippen LogP contribution in [-0.4, -0.2) is 49.9 Å². The summed E-state index contributed by atoms with van der Waals surface area (Å²) in [6.45, 7) is 2.23. The number of amides is 1. The van der Waals surface area contributed by atoms with Gasteiger partial charge in [-0.25, -0.2) is 13.2 Å². The third kappa shape index (κ3) is 6.24. The van der Waals surface area contributed by atoms with Crippen molar-refractivity contribution in [3.63, 3.8) is 0 Å². The van der Waals surface area contributed by atoms with E-state index in [1.807, 2.05) is 0 Å². The predicted molar refractivity (Wildman–Crippen MR) is 71.7 cm³/mol. The molecule has 0 radical (unpaired) electrons.